The van der Waals surface area contributed by atoms with Crippen LogP contribution in [-0.2, 0) is 19.1 Å². The molecule has 0 bridgehead atoms. The zero-order chi connectivity index (χ0) is 40.7. The van der Waals surface area contributed by atoms with Crippen LogP contribution in [0, 0.1) is 23.7 Å². The lowest BCUT2D eigenvalue weighted by atomic mass is 10.0. The average Bonchev–Trinajstić information content (AvgIpc) is 4.03. The van der Waals surface area contributed by atoms with Crippen molar-refractivity contribution in [1.82, 2.24) is 49.8 Å². The highest BCUT2D eigenvalue weighted by Gasteiger charge is 2.41. The normalized spacial score (nSPS) is 20.7. The minimum absolute atomic E-state index is 0.127. The Morgan fingerprint density at radius 2 is 1.33 bits per heavy atom. The van der Waals surface area contributed by atoms with Crippen LogP contribution in [0.3, 0.4) is 0 Å². The maximum atomic E-state index is 13.8. The smallest absolute Gasteiger partial charge is 0.407 e. The van der Waals surface area contributed by atoms with Crippen LogP contribution in [0.2, 0.25) is 0 Å². The molecule has 5 aromatic rings. The van der Waals surface area contributed by atoms with E-state index >= 15 is 0 Å². The molecule has 0 aliphatic carbocycles. The van der Waals surface area contributed by atoms with Crippen LogP contribution >= 0.6 is 0 Å². The monoisotopic (exact) mass is 780 g/mol. The Bertz CT molecular complexity index is 2290. The molecule has 2 fully saturated rings. The second kappa shape index (κ2) is 15.9. The van der Waals surface area contributed by atoms with Gasteiger partial charge < -0.3 is 44.3 Å². The summed E-state index contributed by atoms with van der Waals surface area (Å²) in [6.45, 7) is 12.9. The molecule has 6 atom stereocenters. The number of rotatable bonds is 10. The van der Waals surface area contributed by atoms with Crippen molar-refractivity contribution in [3.8, 4) is 22.5 Å². The van der Waals surface area contributed by atoms with Gasteiger partial charge in [0.25, 0.3) is 0 Å². The van der Waals surface area contributed by atoms with E-state index in [0.29, 0.717) is 30.4 Å². The van der Waals surface area contributed by atoms with Crippen molar-refractivity contribution in [2.45, 2.75) is 78.6 Å². The molecule has 7 rings (SSSR count). The zero-order valence-corrected chi connectivity index (χ0v) is 33.7. The van der Waals surface area contributed by atoms with Crippen molar-refractivity contribution >= 4 is 40.7 Å². The number of likely N-dealkylation sites (tertiary alicyclic amines) is 2. The number of aromatic nitrogens is 6. The molecule has 4 aromatic heterocycles. The maximum Gasteiger partial charge on any atom is 0.407 e. The predicted molar refractivity (Wildman–Crippen MR) is 213 cm³/mol. The molecule has 0 spiro atoms. The molecule has 2 aliphatic heterocycles. The van der Waals surface area contributed by atoms with Crippen LogP contribution in [0.4, 0.5) is 9.59 Å². The van der Waals surface area contributed by atoms with Crippen LogP contribution in [-0.4, -0.2) is 103 Å². The van der Waals surface area contributed by atoms with Gasteiger partial charge in [0.15, 0.2) is 0 Å². The van der Waals surface area contributed by atoms with E-state index in [1.54, 1.807) is 11.1 Å². The van der Waals surface area contributed by atoms with Gasteiger partial charge in [0, 0.05) is 25.5 Å². The summed E-state index contributed by atoms with van der Waals surface area (Å²) < 4.78 is 11.5. The van der Waals surface area contributed by atoms with Gasteiger partial charge in [0.2, 0.25) is 11.8 Å². The van der Waals surface area contributed by atoms with Gasteiger partial charge in [-0.25, -0.2) is 24.5 Å². The number of benzene rings is 1. The Labute approximate surface area is 331 Å². The van der Waals surface area contributed by atoms with Crippen molar-refractivity contribution in [3.05, 3.63) is 60.6 Å². The molecule has 16 nitrogen and oxygen atoms in total. The second-order valence-electron chi connectivity index (χ2n) is 16.3. The molecule has 2 saturated heterocycles. The van der Waals surface area contributed by atoms with Crippen LogP contribution in [0.25, 0.3) is 39.2 Å². The molecule has 6 heterocycles. The molecule has 1 aromatic carbocycles. The number of pyridine rings is 1. The predicted octanol–water partition coefficient (Wildman–Crippen LogP) is 5.85. The van der Waals surface area contributed by atoms with E-state index in [-0.39, 0.29) is 47.6 Å². The highest BCUT2D eigenvalue weighted by molar-refractivity contribution is 5.88. The number of nitrogens with zero attached hydrogens (tertiary/aromatic N) is 6. The first-order valence-corrected chi connectivity index (χ1v) is 19.6. The van der Waals surface area contributed by atoms with Crippen molar-refractivity contribution in [1.29, 1.82) is 0 Å². The van der Waals surface area contributed by atoms with E-state index < -0.39 is 24.3 Å². The summed E-state index contributed by atoms with van der Waals surface area (Å²) in [5, 5.41) is 5.42. The van der Waals surface area contributed by atoms with Crippen LogP contribution < -0.4 is 10.6 Å². The zero-order valence-electron chi connectivity index (χ0n) is 33.7. The van der Waals surface area contributed by atoms with Gasteiger partial charge in [-0.2, -0.15) is 0 Å². The van der Waals surface area contributed by atoms with Gasteiger partial charge in [-0.3, -0.25) is 9.59 Å². The Morgan fingerprint density at radius 1 is 0.754 bits per heavy atom. The number of carbonyl (C=O) groups is 4. The first-order valence-electron chi connectivity index (χ1n) is 19.6. The van der Waals surface area contributed by atoms with E-state index in [1.165, 1.54) is 14.2 Å². The number of methoxy groups -OCH3 is 2. The summed E-state index contributed by atoms with van der Waals surface area (Å²) in [5.74, 6) is 1.33. The van der Waals surface area contributed by atoms with Crippen molar-refractivity contribution in [2.24, 2.45) is 23.7 Å². The minimum atomic E-state index is -0.721. The third-order valence-corrected chi connectivity index (χ3v) is 11.2. The Morgan fingerprint density at radius 3 is 1.91 bits per heavy atom. The average molecular weight is 781 g/mol. The number of hydrogen-bond acceptors (Lipinski definition) is 9. The lowest BCUT2D eigenvalue weighted by Gasteiger charge is -2.30. The molecular formula is C41H52N10O6. The number of imidazole rings is 3. The molecule has 2 aliphatic rings. The SMILES string of the molecule is COC(=O)N[C@H](C(=O)N1C[C@@H](C)C[C@H]1c1ncc(-c2cn3cc(-c4ccc5nc([C@@H]6C[C@H](C)CN6C(=O)[C@@H](NC(=O)OC)C(C)C)[nH]c5c4)ccc3n2)[nH]1)C(C)C. The van der Waals surface area contributed by atoms with Gasteiger partial charge in [-0.05, 0) is 71.9 Å². The molecule has 0 saturated carbocycles. The van der Waals surface area contributed by atoms with Crippen molar-refractivity contribution in [3.63, 3.8) is 0 Å². The highest BCUT2D eigenvalue weighted by atomic mass is 16.5. The number of aromatic amines is 2. The molecule has 0 radical (unpaired) electrons. The number of alkyl carbamates (subject to hydrolysis) is 2. The lowest BCUT2D eigenvalue weighted by molar-refractivity contribution is -0.136. The Kier molecular flexibility index (Phi) is 11.0. The summed E-state index contributed by atoms with van der Waals surface area (Å²) in [5.41, 5.74) is 5.81. The molecule has 4 amide bonds. The van der Waals surface area contributed by atoms with Gasteiger partial charge in [-0.1, -0.05) is 47.6 Å². The summed E-state index contributed by atoms with van der Waals surface area (Å²) in [6, 6.07) is 8.10. The fourth-order valence-electron chi connectivity index (χ4n) is 8.15. The van der Waals surface area contributed by atoms with Gasteiger partial charge in [0.05, 0.1) is 49.2 Å². The molecule has 0 unspecified atom stereocenters. The van der Waals surface area contributed by atoms with E-state index in [0.717, 1.165) is 46.3 Å². The molecular weight excluding hydrogens is 729 g/mol. The Balaban J connectivity index is 1.10. The second-order valence-corrected chi connectivity index (χ2v) is 16.3. The molecule has 4 N–H and O–H groups in total. The van der Waals surface area contributed by atoms with E-state index in [4.69, 9.17) is 24.4 Å². The Hall–Kier alpha value is -5.93. The first kappa shape index (κ1) is 39.3. The van der Waals surface area contributed by atoms with Gasteiger partial charge in [-0.15, -0.1) is 0 Å². The first-order chi connectivity index (χ1) is 27.2. The number of amides is 4. The minimum Gasteiger partial charge on any atom is -0.453 e. The molecule has 302 valence electrons. The van der Waals surface area contributed by atoms with E-state index in [9.17, 15) is 19.2 Å². The number of fused-ring (bicyclic) bond motifs is 2. The summed E-state index contributed by atoms with van der Waals surface area (Å²) in [6.07, 6.45) is 5.94. The number of carbonyl (C=O) groups excluding carboxylic acids is 4. The van der Waals surface area contributed by atoms with Crippen molar-refractivity contribution < 1.29 is 28.7 Å². The largest absolute Gasteiger partial charge is 0.453 e. The van der Waals surface area contributed by atoms with Crippen LogP contribution in [0.15, 0.2) is 48.9 Å². The standard InChI is InChI=1S/C41H52N10O6/c1-21(2)34(47-40(54)56-7)38(52)50-17-23(5)13-31(50)36-42-16-29(46-36)30-20-49-19-26(10-12-33(49)43-30)25-9-11-27-28(15-25)45-37(44-27)32-14-24(6)18-51(32)39(53)35(22(3)4)48-41(55)57-8/h9-12,15-16,19-24,31-32,34-35H,13-14,17-18H2,1-8H3,(H,42,46)(H,44,45)(H,47,54)(H,48,55)/t23-,24-,31-,32-,34-,35-/m0/s1. The number of hydrogen-bond donors (Lipinski definition) is 4. The third kappa shape index (κ3) is 7.89. The summed E-state index contributed by atoms with van der Waals surface area (Å²) in [7, 11) is 2.57. The van der Waals surface area contributed by atoms with Gasteiger partial charge in [0.1, 0.15) is 35.1 Å². The maximum absolute atomic E-state index is 13.8. The van der Waals surface area contributed by atoms with Crippen LogP contribution in [0.1, 0.15) is 78.1 Å². The summed E-state index contributed by atoms with van der Waals surface area (Å²) >= 11 is 0. The van der Waals surface area contributed by atoms with Gasteiger partial charge >= 0.3 is 12.2 Å². The van der Waals surface area contributed by atoms with E-state index in [2.05, 4.69) is 40.5 Å². The third-order valence-electron chi connectivity index (χ3n) is 11.2. The fraction of sp³-hybridized carbons (Fsp3) is 0.488. The molecule has 57 heavy (non-hydrogen) atoms. The fourth-order valence-corrected chi connectivity index (χ4v) is 8.15. The topological polar surface area (TPSA) is 192 Å². The molecule has 16 heteroatoms. The highest BCUT2D eigenvalue weighted by Crippen LogP contribution is 2.38. The number of nitrogens with one attached hydrogen (secondary N) is 4. The number of H-pyrrole nitrogens is 2. The lowest BCUT2D eigenvalue weighted by Crippen LogP contribution is -2.51. The quantitative estimate of drug-likeness (QED) is 0.135. The summed E-state index contributed by atoms with van der Waals surface area (Å²) in [4.78, 5) is 76.7. The van der Waals surface area contributed by atoms with Crippen LogP contribution in [0.5, 0.6) is 0 Å². The van der Waals surface area contributed by atoms with E-state index in [1.807, 2.05) is 73.7 Å². The number of ether oxygens (including phenoxy) is 2. The van der Waals surface area contributed by atoms with Crippen molar-refractivity contribution in [2.75, 3.05) is 27.3 Å².